The van der Waals surface area contributed by atoms with E-state index in [-0.39, 0.29) is 23.2 Å². The summed E-state index contributed by atoms with van der Waals surface area (Å²) >= 11 is 0. The number of hydrogen-bond donors (Lipinski definition) is 1. The van der Waals surface area contributed by atoms with Crippen LogP contribution in [0.4, 0.5) is 5.82 Å². The molecule has 1 aromatic carbocycles. The molecule has 0 amide bonds. The number of aromatic nitrogens is 4. The Morgan fingerprint density at radius 2 is 1.96 bits per heavy atom. The highest BCUT2D eigenvalue weighted by atomic mass is 32.2. The number of esters is 1. The van der Waals surface area contributed by atoms with Crippen LogP contribution in [-0.4, -0.2) is 55.0 Å². The lowest BCUT2D eigenvalue weighted by atomic mass is 10.3. The Morgan fingerprint density at radius 1 is 1.22 bits per heavy atom. The number of H-pyrrole nitrogens is 1. The van der Waals surface area contributed by atoms with Crippen LogP contribution in [-0.2, 0) is 20.3 Å². The normalized spacial score (nSPS) is 11.5. The zero-order valence-corrected chi connectivity index (χ0v) is 15.9. The van der Waals surface area contributed by atoms with Crippen LogP contribution in [0.2, 0.25) is 0 Å². The average molecular weight is 389 g/mol. The van der Waals surface area contributed by atoms with Crippen LogP contribution < -0.4 is 4.90 Å². The molecule has 0 atom stereocenters. The number of hydrogen-bond acceptors (Lipinski definition) is 8. The minimum Gasteiger partial charge on any atom is -0.462 e. The molecule has 0 fully saturated rings. The van der Waals surface area contributed by atoms with Crippen molar-refractivity contribution < 1.29 is 17.9 Å². The molecular formula is C17H19N5O4S. The third-order valence-electron chi connectivity index (χ3n) is 3.72. The third kappa shape index (κ3) is 3.90. The first kappa shape index (κ1) is 18.8. The molecular weight excluding hydrogens is 370 g/mol. The number of aromatic amines is 1. The fourth-order valence-electron chi connectivity index (χ4n) is 2.49. The Balaban J connectivity index is 1.94. The molecule has 0 aliphatic rings. The first-order valence-electron chi connectivity index (χ1n) is 8.19. The predicted molar refractivity (Wildman–Crippen MR) is 99.3 cm³/mol. The molecule has 0 radical (unpaired) electrons. The molecule has 0 aliphatic heterocycles. The van der Waals surface area contributed by atoms with Gasteiger partial charge in [0.05, 0.1) is 17.6 Å². The van der Waals surface area contributed by atoms with Gasteiger partial charge in [-0.2, -0.15) is 0 Å². The highest BCUT2D eigenvalue weighted by Crippen LogP contribution is 2.20. The van der Waals surface area contributed by atoms with Crippen molar-refractivity contribution in [3.63, 3.8) is 0 Å². The van der Waals surface area contributed by atoms with Gasteiger partial charge in [0.25, 0.3) is 0 Å². The topological polar surface area (TPSA) is 118 Å². The van der Waals surface area contributed by atoms with Crippen molar-refractivity contribution in [1.82, 2.24) is 19.9 Å². The first-order chi connectivity index (χ1) is 12.8. The molecule has 2 aromatic heterocycles. The first-order valence-corrected chi connectivity index (χ1v) is 9.85. The molecule has 2 heterocycles. The number of fused-ring (bicyclic) bond motifs is 1. The zero-order chi connectivity index (χ0) is 19.6. The van der Waals surface area contributed by atoms with E-state index in [9.17, 15) is 13.2 Å². The van der Waals surface area contributed by atoms with Crippen molar-refractivity contribution in [1.29, 1.82) is 0 Å². The number of imidazole rings is 1. The summed E-state index contributed by atoms with van der Waals surface area (Å²) in [7, 11) is -0.393. The Morgan fingerprint density at radius 3 is 2.63 bits per heavy atom. The van der Waals surface area contributed by atoms with Crippen LogP contribution in [0.5, 0.6) is 0 Å². The molecule has 0 unspecified atom stereocenters. The van der Waals surface area contributed by atoms with Crippen molar-refractivity contribution >= 4 is 32.7 Å². The van der Waals surface area contributed by atoms with E-state index in [2.05, 4.69) is 19.9 Å². The molecule has 0 bridgehead atoms. The maximum atomic E-state index is 12.7. The SMILES string of the molecule is CCOC(=O)c1cnc(CS(=O)(=O)c2nc3ccccc3[nH]2)nc1N(C)C. The van der Waals surface area contributed by atoms with Gasteiger partial charge in [-0.1, -0.05) is 12.1 Å². The lowest BCUT2D eigenvalue weighted by molar-refractivity contribution is 0.0526. The van der Waals surface area contributed by atoms with Gasteiger partial charge < -0.3 is 14.6 Å². The number of ether oxygens (including phenoxy) is 1. The largest absolute Gasteiger partial charge is 0.462 e. The number of carbonyl (C=O) groups is 1. The average Bonchev–Trinajstić information content (AvgIpc) is 3.06. The monoisotopic (exact) mass is 389 g/mol. The van der Waals surface area contributed by atoms with Crippen LogP contribution in [0.3, 0.4) is 0 Å². The van der Waals surface area contributed by atoms with Gasteiger partial charge in [-0.25, -0.2) is 28.2 Å². The zero-order valence-electron chi connectivity index (χ0n) is 15.1. The summed E-state index contributed by atoms with van der Waals surface area (Å²) in [6.45, 7) is 1.91. The summed E-state index contributed by atoms with van der Waals surface area (Å²) in [5.74, 6) is -0.658. The second-order valence-corrected chi connectivity index (χ2v) is 7.86. The second kappa shape index (κ2) is 7.31. The summed E-state index contributed by atoms with van der Waals surface area (Å²) in [5.41, 5.74) is 1.36. The minimum absolute atomic E-state index is 0.0622. The van der Waals surface area contributed by atoms with Gasteiger partial charge in [-0.05, 0) is 19.1 Å². The Kier molecular flexibility index (Phi) is 5.08. The van der Waals surface area contributed by atoms with Gasteiger partial charge >= 0.3 is 5.97 Å². The maximum Gasteiger partial charge on any atom is 0.343 e. The number of rotatable bonds is 6. The smallest absolute Gasteiger partial charge is 0.343 e. The van der Waals surface area contributed by atoms with Gasteiger partial charge in [0.15, 0.2) is 0 Å². The predicted octanol–water partition coefficient (Wildman–Crippen LogP) is 1.57. The standard InChI is InChI=1S/C17H19N5O4S/c1-4-26-16(23)11-9-18-14(21-15(11)22(2)3)10-27(24,25)17-19-12-7-5-6-8-13(12)20-17/h5-9H,4,10H2,1-3H3,(H,19,20). The van der Waals surface area contributed by atoms with Crippen molar-refractivity contribution in [3.8, 4) is 0 Å². The highest BCUT2D eigenvalue weighted by Gasteiger charge is 2.24. The molecule has 1 N–H and O–H groups in total. The Hall–Kier alpha value is -3.01. The van der Waals surface area contributed by atoms with Crippen molar-refractivity contribution in [2.45, 2.75) is 17.8 Å². The molecule has 9 nitrogen and oxygen atoms in total. The Labute approximate surface area is 156 Å². The van der Waals surface area contributed by atoms with Crippen LogP contribution in [0.25, 0.3) is 11.0 Å². The summed E-state index contributed by atoms with van der Waals surface area (Å²) in [6, 6.07) is 7.04. The molecule has 27 heavy (non-hydrogen) atoms. The van der Waals surface area contributed by atoms with E-state index in [0.717, 1.165) is 0 Å². The summed E-state index contributed by atoms with van der Waals surface area (Å²) in [5, 5.41) is -0.145. The number of sulfone groups is 1. The van der Waals surface area contributed by atoms with E-state index in [1.165, 1.54) is 6.20 Å². The number of benzene rings is 1. The molecule has 142 valence electrons. The molecule has 10 heteroatoms. The van der Waals surface area contributed by atoms with E-state index in [1.807, 2.05) is 0 Å². The van der Waals surface area contributed by atoms with Gasteiger partial charge in [-0.3, -0.25) is 0 Å². The maximum absolute atomic E-state index is 12.7. The van der Waals surface area contributed by atoms with Gasteiger partial charge in [-0.15, -0.1) is 0 Å². The Bertz CT molecular complexity index is 1060. The number of para-hydroxylation sites is 2. The van der Waals surface area contributed by atoms with Crippen LogP contribution in [0.1, 0.15) is 23.1 Å². The fraction of sp³-hybridized carbons (Fsp3) is 0.294. The summed E-state index contributed by atoms with van der Waals surface area (Å²) in [4.78, 5) is 28.8. The third-order valence-corrected chi connectivity index (χ3v) is 5.14. The molecule has 3 rings (SSSR count). The van der Waals surface area contributed by atoms with Crippen LogP contribution >= 0.6 is 0 Å². The van der Waals surface area contributed by atoms with E-state index < -0.39 is 21.6 Å². The molecule has 0 aliphatic carbocycles. The van der Waals surface area contributed by atoms with Crippen LogP contribution in [0.15, 0.2) is 35.6 Å². The molecule has 0 saturated heterocycles. The van der Waals surface area contributed by atoms with E-state index in [0.29, 0.717) is 16.9 Å². The van der Waals surface area contributed by atoms with Crippen molar-refractivity contribution in [3.05, 3.63) is 41.9 Å². The summed E-state index contributed by atoms with van der Waals surface area (Å²) in [6.07, 6.45) is 1.28. The number of anilines is 1. The van der Waals surface area contributed by atoms with E-state index in [4.69, 9.17) is 4.74 Å². The molecule has 0 saturated carbocycles. The molecule has 0 spiro atoms. The van der Waals surface area contributed by atoms with Crippen molar-refractivity contribution in [2.24, 2.45) is 0 Å². The number of nitrogens with one attached hydrogen (secondary N) is 1. The second-order valence-electron chi connectivity index (χ2n) is 5.96. The fourth-order valence-corrected chi connectivity index (χ4v) is 3.61. The number of carbonyl (C=O) groups excluding carboxylic acids is 1. The lowest BCUT2D eigenvalue weighted by Gasteiger charge is -2.15. The van der Waals surface area contributed by atoms with Gasteiger partial charge in [0.2, 0.25) is 15.0 Å². The molecule has 3 aromatic rings. The van der Waals surface area contributed by atoms with Crippen molar-refractivity contribution in [2.75, 3.05) is 25.6 Å². The van der Waals surface area contributed by atoms with Gasteiger partial charge in [0, 0.05) is 20.3 Å². The van der Waals surface area contributed by atoms with E-state index in [1.54, 1.807) is 50.2 Å². The summed E-state index contributed by atoms with van der Waals surface area (Å²) < 4.78 is 30.4. The lowest BCUT2D eigenvalue weighted by Crippen LogP contribution is -2.20. The number of nitrogens with zero attached hydrogens (tertiary/aromatic N) is 4. The van der Waals surface area contributed by atoms with E-state index >= 15 is 0 Å². The minimum atomic E-state index is -3.79. The highest BCUT2D eigenvalue weighted by molar-refractivity contribution is 7.90. The van der Waals surface area contributed by atoms with Gasteiger partial charge in [0.1, 0.15) is 23.0 Å². The quantitative estimate of drug-likeness (QED) is 0.631. The van der Waals surface area contributed by atoms with Crippen LogP contribution in [0, 0.1) is 0 Å².